The Morgan fingerprint density at radius 2 is 2.03 bits per heavy atom. The lowest BCUT2D eigenvalue weighted by Gasteiger charge is -2.33. The van der Waals surface area contributed by atoms with Gasteiger partial charge in [0, 0.05) is 40.8 Å². The van der Waals surface area contributed by atoms with Crippen LogP contribution in [0.25, 0.3) is 0 Å². The van der Waals surface area contributed by atoms with E-state index in [4.69, 9.17) is 33.7 Å². The molecule has 1 fully saturated rings. The number of likely N-dealkylation sites (tertiary alicyclic amines) is 1. The van der Waals surface area contributed by atoms with E-state index >= 15 is 0 Å². The number of amides is 1. The summed E-state index contributed by atoms with van der Waals surface area (Å²) in [6, 6.07) is 14.4. The molecule has 1 unspecified atom stereocenters. The van der Waals surface area contributed by atoms with Crippen LogP contribution >= 0.6 is 23.2 Å². The number of ether oxygens (including phenoxy) is 1. The van der Waals surface area contributed by atoms with E-state index < -0.39 is 0 Å². The number of rotatable bonds is 5. The zero-order valence-corrected chi connectivity index (χ0v) is 18.3. The third-order valence-corrected chi connectivity index (χ3v) is 5.93. The molecule has 1 aromatic heterocycles. The van der Waals surface area contributed by atoms with Gasteiger partial charge in [0.1, 0.15) is 12.4 Å². The molecule has 0 radical (unpaired) electrons. The van der Waals surface area contributed by atoms with Crippen molar-refractivity contribution in [1.82, 2.24) is 14.9 Å². The van der Waals surface area contributed by atoms with E-state index in [2.05, 4.69) is 9.97 Å². The summed E-state index contributed by atoms with van der Waals surface area (Å²) in [6.07, 6.45) is 3.50. The van der Waals surface area contributed by atoms with Crippen molar-refractivity contribution in [2.75, 3.05) is 18.8 Å². The first-order chi connectivity index (χ1) is 15.0. The van der Waals surface area contributed by atoms with Gasteiger partial charge in [0.25, 0.3) is 5.91 Å². The maximum absolute atomic E-state index is 13.3. The lowest BCUT2D eigenvalue weighted by atomic mass is 9.94. The Hall–Kier alpha value is -2.83. The second-order valence-electron chi connectivity index (χ2n) is 7.45. The van der Waals surface area contributed by atoms with Crippen LogP contribution in [-0.4, -0.2) is 33.9 Å². The van der Waals surface area contributed by atoms with E-state index in [0.717, 1.165) is 24.1 Å². The van der Waals surface area contributed by atoms with Crippen LogP contribution in [0.2, 0.25) is 10.0 Å². The van der Waals surface area contributed by atoms with Gasteiger partial charge in [-0.2, -0.15) is 0 Å². The third-order valence-electron chi connectivity index (χ3n) is 5.34. The first kappa shape index (κ1) is 21.4. The number of anilines is 1. The summed E-state index contributed by atoms with van der Waals surface area (Å²) in [5.74, 6) is 0.834. The molecule has 31 heavy (non-hydrogen) atoms. The fraction of sp³-hybridized carbons (Fsp3) is 0.261. The van der Waals surface area contributed by atoms with Crippen LogP contribution in [0.1, 0.15) is 40.4 Å². The molecule has 8 heteroatoms. The number of benzene rings is 2. The number of hydrogen-bond donors (Lipinski definition) is 1. The summed E-state index contributed by atoms with van der Waals surface area (Å²) >= 11 is 12.2. The molecule has 1 aliphatic rings. The molecule has 160 valence electrons. The summed E-state index contributed by atoms with van der Waals surface area (Å²) in [6.45, 7) is 1.50. The zero-order chi connectivity index (χ0) is 21.8. The molecule has 0 aliphatic carbocycles. The van der Waals surface area contributed by atoms with Crippen LogP contribution in [0.5, 0.6) is 5.75 Å². The van der Waals surface area contributed by atoms with Crippen molar-refractivity contribution in [2.24, 2.45) is 0 Å². The molecule has 0 spiro atoms. The first-order valence-electron chi connectivity index (χ1n) is 10.0. The molecule has 0 saturated carbocycles. The summed E-state index contributed by atoms with van der Waals surface area (Å²) in [5.41, 5.74) is 7.92. The van der Waals surface area contributed by atoms with Crippen molar-refractivity contribution in [2.45, 2.75) is 25.4 Å². The van der Waals surface area contributed by atoms with Crippen molar-refractivity contribution in [3.05, 3.63) is 81.6 Å². The predicted octanol–water partition coefficient (Wildman–Crippen LogP) is 4.96. The van der Waals surface area contributed by atoms with E-state index in [-0.39, 0.29) is 24.4 Å². The quantitative estimate of drug-likeness (QED) is 0.586. The number of nitrogens with zero attached hydrogens (tertiary/aromatic N) is 3. The number of carbonyl (C=O) groups is 1. The van der Waals surface area contributed by atoms with Gasteiger partial charge in [-0.15, -0.1) is 0 Å². The van der Waals surface area contributed by atoms with Crippen molar-refractivity contribution < 1.29 is 9.53 Å². The monoisotopic (exact) mass is 456 g/mol. The van der Waals surface area contributed by atoms with Gasteiger partial charge >= 0.3 is 0 Å². The number of halogens is 2. The molecule has 4 rings (SSSR count). The lowest BCUT2D eigenvalue weighted by Crippen LogP contribution is -2.39. The average molecular weight is 457 g/mol. The van der Waals surface area contributed by atoms with Gasteiger partial charge in [-0.3, -0.25) is 4.79 Å². The van der Waals surface area contributed by atoms with E-state index in [0.29, 0.717) is 34.4 Å². The van der Waals surface area contributed by atoms with Crippen LogP contribution in [0.3, 0.4) is 0 Å². The Bertz CT molecular complexity index is 1090. The van der Waals surface area contributed by atoms with Crippen molar-refractivity contribution in [1.29, 1.82) is 0 Å². The topological polar surface area (TPSA) is 81.3 Å². The van der Waals surface area contributed by atoms with E-state index in [1.807, 2.05) is 29.2 Å². The van der Waals surface area contributed by atoms with Crippen LogP contribution in [0, 0.1) is 0 Å². The maximum atomic E-state index is 13.3. The lowest BCUT2D eigenvalue weighted by molar-refractivity contribution is 0.0701. The van der Waals surface area contributed by atoms with Crippen LogP contribution < -0.4 is 10.5 Å². The molecular formula is C23H22Cl2N4O2. The Morgan fingerprint density at radius 3 is 2.84 bits per heavy atom. The Labute approximate surface area is 191 Å². The molecular weight excluding hydrogens is 435 g/mol. The van der Waals surface area contributed by atoms with Gasteiger partial charge in [-0.25, -0.2) is 9.97 Å². The molecule has 3 aromatic rings. The predicted molar refractivity (Wildman–Crippen MR) is 122 cm³/mol. The van der Waals surface area contributed by atoms with Crippen LogP contribution in [-0.2, 0) is 6.61 Å². The fourth-order valence-corrected chi connectivity index (χ4v) is 4.22. The fourth-order valence-electron chi connectivity index (χ4n) is 3.75. The van der Waals surface area contributed by atoms with Crippen molar-refractivity contribution in [3.63, 3.8) is 0 Å². The standard InChI is InChI=1S/C23H22Cl2N4O2/c24-17-8-7-16(19(25)12-17)14-31-21-6-2-1-5-18(21)22(30)29-11-3-4-15(13-29)20-9-10-27-23(26)28-20/h1-2,5-10,12,15H,3-4,11,13-14H2,(H2,26,27,28). The number of piperidine rings is 1. The van der Waals surface area contributed by atoms with Gasteiger partial charge in [-0.05, 0) is 43.2 Å². The molecule has 2 aromatic carbocycles. The number of aromatic nitrogens is 2. The van der Waals surface area contributed by atoms with Gasteiger partial charge in [0.05, 0.1) is 11.3 Å². The SMILES string of the molecule is Nc1nccc(C2CCCN(C(=O)c3ccccc3OCc3ccc(Cl)cc3Cl)C2)n1. The largest absolute Gasteiger partial charge is 0.488 e. The zero-order valence-electron chi connectivity index (χ0n) is 16.8. The number of carbonyl (C=O) groups excluding carboxylic acids is 1. The van der Waals surface area contributed by atoms with Gasteiger partial charge < -0.3 is 15.4 Å². The van der Waals surface area contributed by atoms with Gasteiger partial charge in [0.2, 0.25) is 5.95 Å². The molecule has 1 atom stereocenters. The number of nitrogens with two attached hydrogens (primary N) is 1. The minimum atomic E-state index is -0.0652. The maximum Gasteiger partial charge on any atom is 0.257 e. The first-order valence-corrected chi connectivity index (χ1v) is 10.8. The number of para-hydroxylation sites is 1. The summed E-state index contributed by atoms with van der Waals surface area (Å²) < 4.78 is 5.97. The van der Waals surface area contributed by atoms with E-state index in [9.17, 15) is 4.79 Å². The van der Waals surface area contributed by atoms with Crippen molar-refractivity contribution >= 4 is 35.1 Å². The normalized spacial score (nSPS) is 16.2. The minimum absolute atomic E-state index is 0.0652. The average Bonchev–Trinajstić information content (AvgIpc) is 2.78. The number of hydrogen-bond acceptors (Lipinski definition) is 5. The third kappa shape index (κ3) is 5.09. The number of nitrogen functional groups attached to an aromatic ring is 1. The molecule has 6 nitrogen and oxygen atoms in total. The molecule has 0 bridgehead atoms. The second kappa shape index (κ2) is 9.54. The summed E-state index contributed by atoms with van der Waals surface area (Å²) in [7, 11) is 0. The molecule has 2 heterocycles. The Balaban J connectivity index is 1.49. The second-order valence-corrected chi connectivity index (χ2v) is 8.29. The molecule has 2 N–H and O–H groups in total. The smallest absolute Gasteiger partial charge is 0.257 e. The van der Waals surface area contributed by atoms with E-state index in [1.165, 1.54) is 0 Å². The highest BCUT2D eigenvalue weighted by Gasteiger charge is 2.28. The molecule has 1 saturated heterocycles. The van der Waals surface area contributed by atoms with Gasteiger partial charge in [0.15, 0.2) is 0 Å². The van der Waals surface area contributed by atoms with Crippen molar-refractivity contribution in [3.8, 4) is 5.75 Å². The minimum Gasteiger partial charge on any atom is -0.488 e. The summed E-state index contributed by atoms with van der Waals surface area (Å²) in [4.78, 5) is 23.5. The van der Waals surface area contributed by atoms with Crippen LogP contribution in [0.4, 0.5) is 5.95 Å². The molecule has 1 amide bonds. The highest BCUT2D eigenvalue weighted by atomic mass is 35.5. The molecule has 1 aliphatic heterocycles. The highest BCUT2D eigenvalue weighted by molar-refractivity contribution is 6.35. The van der Waals surface area contributed by atoms with Crippen LogP contribution in [0.15, 0.2) is 54.7 Å². The van der Waals surface area contributed by atoms with E-state index in [1.54, 1.807) is 30.5 Å². The Kier molecular flexibility index (Phi) is 6.59. The van der Waals surface area contributed by atoms with Gasteiger partial charge in [-0.1, -0.05) is 41.4 Å². The summed E-state index contributed by atoms with van der Waals surface area (Å²) in [5, 5.41) is 1.09. The highest BCUT2D eigenvalue weighted by Crippen LogP contribution is 2.29. The Morgan fingerprint density at radius 1 is 1.19 bits per heavy atom.